The summed E-state index contributed by atoms with van der Waals surface area (Å²) in [5, 5.41) is 0. The molecule has 0 radical (unpaired) electrons. The maximum absolute atomic E-state index is 5.94. The minimum absolute atomic E-state index is 0.133. The number of rotatable bonds is 6. The zero-order chi connectivity index (χ0) is 18.0. The number of likely N-dealkylation sites (tertiary alicyclic amines) is 1. The highest BCUT2D eigenvalue weighted by Crippen LogP contribution is 2.40. The first-order chi connectivity index (χ1) is 11.9. The van der Waals surface area contributed by atoms with E-state index >= 15 is 0 Å². The first kappa shape index (κ1) is 18.3. The van der Waals surface area contributed by atoms with Crippen LogP contribution < -0.4 is 4.74 Å². The quantitative estimate of drug-likeness (QED) is 0.670. The van der Waals surface area contributed by atoms with E-state index in [1.165, 1.54) is 18.4 Å². The van der Waals surface area contributed by atoms with E-state index in [4.69, 9.17) is 9.47 Å². The van der Waals surface area contributed by atoms with Crippen LogP contribution in [-0.4, -0.2) is 36.7 Å². The van der Waals surface area contributed by atoms with Crippen LogP contribution >= 0.6 is 0 Å². The highest BCUT2D eigenvalue weighted by atomic mass is 16.5. The van der Waals surface area contributed by atoms with Crippen LogP contribution in [0.25, 0.3) is 5.76 Å². The lowest BCUT2D eigenvalue weighted by atomic mass is 9.86. The Hall–Kier alpha value is -1.48. The van der Waals surface area contributed by atoms with E-state index in [9.17, 15) is 0 Å². The van der Waals surface area contributed by atoms with Crippen LogP contribution in [0.5, 0.6) is 5.75 Å². The zero-order valence-electron chi connectivity index (χ0n) is 16.5. The first-order valence-corrected chi connectivity index (χ1v) is 9.71. The summed E-state index contributed by atoms with van der Waals surface area (Å²) < 4.78 is 11.9. The predicted molar refractivity (Wildman–Crippen MR) is 104 cm³/mol. The molecule has 2 aliphatic heterocycles. The van der Waals surface area contributed by atoms with Gasteiger partial charge in [-0.15, -0.1) is 0 Å². The molecular weight excluding hydrogens is 310 g/mol. The lowest BCUT2D eigenvalue weighted by Crippen LogP contribution is -2.34. The summed E-state index contributed by atoms with van der Waals surface area (Å²) in [7, 11) is 0. The van der Waals surface area contributed by atoms with Crippen molar-refractivity contribution in [3.8, 4) is 5.75 Å². The smallest absolute Gasteiger partial charge is 0.126 e. The van der Waals surface area contributed by atoms with Crippen molar-refractivity contribution in [1.82, 2.24) is 4.90 Å². The van der Waals surface area contributed by atoms with Crippen molar-refractivity contribution in [1.29, 1.82) is 0 Å². The molecule has 3 rings (SSSR count). The second-order valence-electron chi connectivity index (χ2n) is 8.37. The molecule has 0 aromatic heterocycles. The molecule has 3 nitrogen and oxygen atoms in total. The van der Waals surface area contributed by atoms with Gasteiger partial charge in [0.05, 0.1) is 13.2 Å². The Balaban J connectivity index is 1.49. The third-order valence-corrected chi connectivity index (χ3v) is 6.01. The average molecular weight is 344 g/mol. The molecule has 3 heteroatoms. The van der Waals surface area contributed by atoms with Gasteiger partial charge >= 0.3 is 0 Å². The predicted octanol–water partition coefficient (Wildman–Crippen LogP) is 5.12. The molecule has 2 heterocycles. The Morgan fingerprint density at radius 1 is 1.12 bits per heavy atom. The van der Waals surface area contributed by atoms with Gasteiger partial charge in [-0.05, 0) is 69.9 Å². The van der Waals surface area contributed by atoms with Crippen LogP contribution in [0.3, 0.4) is 0 Å². The summed E-state index contributed by atoms with van der Waals surface area (Å²) in [4.78, 5) is 2.61. The van der Waals surface area contributed by atoms with Gasteiger partial charge in [-0.3, -0.25) is 4.90 Å². The van der Waals surface area contributed by atoms with Crippen molar-refractivity contribution in [3.63, 3.8) is 0 Å². The van der Waals surface area contributed by atoms with Crippen molar-refractivity contribution >= 4 is 5.76 Å². The monoisotopic (exact) mass is 343 g/mol. The van der Waals surface area contributed by atoms with Crippen LogP contribution in [-0.2, 0) is 4.74 Å². The van der Waals surface area contributed by atoms with E-state index in [-0.39, 0.29) is 5.41 Å². The molecule has 2 atom stereocenters. The highest BCUT2D eigenvalue weighted by Gasteiger charge is 2.31. The molecule has 0 N–H and O–H groups in total. The summed E-state index contributed by atoms with van der Waals surface area (Å²) in [5.74, 6) is 1.98. The Morgan fingerprint density at radius 3 is 2.32 bits per heavy atom. The Morgan fingerprint density at radius 2 is 1.76 bits per heavy atom. The minimum Gasteiger partial charge on any atom is -0.494 e. The number of hydrogen-bond donors (Lipinski definition) is 0. The fourth-order valence-electron chi connectivity index (χ4n) is 3.91. The van der Waals surface area contributed by atoms with Crippen LogP contribution in [0.2, 0.25) is 0 Å². The van der Waals surface area contributed by atoms with E-state index < -0.39 is 0 Å². The van der Waals surface area contributed by atoms with Crippen molar-refractivity contribution in [2.45, 2.75) is 66.0 Å². The number of hydrogen-bond acceptors (Lipinski definition) is 3. The molecular formula is C22H33NO2. The minimum atomic E-state index is 0.133. The normalized spacial score (nSPS) is 26.1. The van der Waals surface area contributed by atoms with Crippen LogP contribution in [0.4, 0.5) is 0 Å². The third kappa shape index (κ3) is 4.03. The summed E-state index contributed by atoms with van der Waals surface area (Å²) in [6.07, 6.45) is 3.74. The summed E-state index contributed by atoms with van der Waals surface area (Å²) in [5.41, 5.74) is 2.61. The van der Waals surface area contributed by atoms with E-state index in [0.29, 0.717) is 0 Å². The molecule has 138 valence electrons. The highest BCUT2D eigenvalue weighted by molar-refractivity contribution is 5.66. The van der Waals surface area contributed by atoms with Gasteiger partial charge in [0, 0.05) is 29.6 Å². The molecule has 0 bridgehead atoms. The van der Waals surface area contributed by atoms with E-state index in [1.54, 1.807) is 0 Å². The number of nitrogens with zero attached hydrogens (tertiary/aromatic N) is 1. The van der Waals surface area contributed by atoms with E-state index in [0.717, 1.165) is 55.3 Å². The van der Waals surface area contributed by atoms with Crippen LogP contribution in [0.1, 0.15) is 59.4 Å². The first-order valence-electron chi connectivity index (χ1n) is 9.71. The molecule has 2 aliphatic rings. The van der Waals surface area contributed by atoms with Gasteiger partial charge in [0.2, 0.25) is 0 Å². The van der Waals surface area contributed by atoms with Crippen molar-refractivity contribution in [2.24, 2.45) is 5.41 Å². The Labute approximate surface area is 153 Å². The molecule has 1 aromatic carbocycles. The van der Waals surface area contributed by atoms with Crippen LogP contribution in [0, 0.1) is 5.41 Å². The maximum Gasteiger partial charge on any atom is 0.126 e. The average Bonchev–Trinajstić information content (AvgIpc) is 3.05. The Bertz CT molecular complexity index is 607. The SMILES string of the molecule is CC1=C(c2ccc(OCCCN3C(C)CCC3C)cc2)OCC1(C)C. The van der Waals surface area contributed by atoms with E-state index in [1.807, 2.05) is 0 Å². The van der Waals surface area contributed by atoms with Gasteiger partial charge < -0.3 is 9.47 Å². The van der Waals surface area contributed by atoms with Gasteiger partial charge in [-0.25, -0.2) is 0 Å². The van der Waals surface area contributed by atoms with Crippen molar-refractivity contribution in [2.75, 3.05) is 19.8 Å². The summed E-state index contributed by atoms with van der Waals surface area (Å²) in [6.45, 7) is 14.0. The summed E-state index contributed by atoms with van der Waals surface area (Å²) >= 11 is 0. The lowest BCUT2D eigenvalue weighted by Gasteiger charge is -2.25. The molecule has 1 saturated heterocycles. The van der Waals surface area contributed by atoms with Gasteiger partial charge in [0.1, 0.15) is 11.5 Å². The number of benzene rings is 1. The summed E-state index contributed by atoms with van der Waals surface area (Å²) in [6, 6.07) is 9.79. The fraction of sp³-hybridized carbons (Fsp3) is 0.636. The standard InChI is InChI=1S/C22H33NO2/c1-16-7-8-17(2)23(16)13-6-14-24-20-11-9-19(10-12-20)21-18(3)22(4,5)15-25-21/h9-12,16-17H,6-8,13-15H2,1-5H3. The van der Waals surface area contributed by atoms with Gasteiger partial charge in [-0.1, -0.05) is 13.8 Å². The molecule has 0 amide bonds. The fourth-order valence-corrected chi connectivity index (χ4v) is 3.91. The van der Waals surface area contributed by atoms with Gasteiger partial charge in [0.15, 0.2) is 0 Å². The van der Waals surface area contributed by atoms with Gasteiger partial charge in [0.25, 0.3) is 0 Å². The second-order valence-corrected chi connectivity index (χ2v) is 8.37. The molecule has 0 spiro atoms. The largest absolute Gasteiger partial charge is 0.494 e. The van der Waals surface area contributed by atoms with Crippen LogP contribution in [0.15, 0.2) is 29.8 Å². The molecule has 0 aliphatic carbocycles. The van der Waals surface area contributed by atoms with Gasteiger partial charge in [-0.2, -0.15) is 0 Å². The molecule has 25 heavy (non-hydrogen) atoms. The topological polar surface area (TPSA) is 21.7 Å². The molecule has 1 fully saturated rings. The zero-order valence-corrected chi connectivity index (χ0v) is 16.5. The molecule has 0 saturated carbocycles. The third-order valence-electron chi connectivity index (χ3n) is 6.01. The van der Waals surface area contributed by atoms with Crippen molar-refractivity contribution < 1.29 is 9.47 Å². The maximum atomic E-state index is 5.94. The van der Waals surface area contributed by atoms with E-state index in [2.05, 4.69) is 63.8 Å². The lowest BCUT2D eigenvalue weighted by molar-refractivity contribution is 0.191. The Kier molecular flexibility index (Phi) is 5.43. The molecule has 2 unspecified atom stereocenters. The van der Waals surface area contributed by atoms with Crippen molar-refractivity contribution in [3.05, 3.63) is 35.4 Å². The molecule has 1 aromatic rings. The number of ether oxygens (including phenoxy) is 2. The second kappa shape index (κ2) is 7.41.